The maximum atomic E-state index is 5.24. The number of aromatic nitrogens is 1. The van der Waals surface area contributed by atoms with Crippen LogP contribution in [-0.4, -0.2) is 10.1 Å². The molecule has 0 fully saturated rings. The molecule has 15 heavy (non-hydrogen) atoms. The van der Waals surface area contributed by atoms with Crippen LogP contribution in [0.3, 0.4) is 0 Å². The molecule has 0 aliphatic carbocycles. The topological polar surface area (TPSA) is 64.1 Å². The number of rotatable bonds is 1. The normalized spacial score (nSPS) is 8.53. The predicted molar refractivity (Wildman–Crippen MR) is 63.4 cm³/mol. The number of benzene rings is 1. The zero-order valence-electron chi connectivity index (χ0n) is 7.96. The smallest absolute Gasteiger partial charge is 0.180 e. The number of nitrogens with two attached hydrogens (primary N) is 1. The summed E-state index contributed by atoms with van der Waals surface area (Å²) < 4.78 is 4.47. The lowest BCUT2D eigenvalue weighted by molar-refractivity contribution is 0.558. The number of thiocarbonyl (C=S) groups is 1. The summed E-state index contributed by atoms with van der Waals surface area (Å²) in [5, 5.41) is 3.11. The van der Waals surface area contributed by atoms with Gasteiger partial charge in [-0.25, -0.2) is 4.98 Å². The molecule has 2 rings (SSSR count). The summed E-state index contributed by atoms with van der Waals surface area (Å²) in [6.45, 7) is 0. The third-order valence-electron chi connectivity index (χ3n) is 1.39. The molecule has 78 valence electrons. The van der Waals surface area contributed by atoms with Crippen LogP contribution in [0.1, 0.15) is 0 Å². The number of oxazole rings is 1. The summed E-state index contributed by atoms with van der Waals surface area (Å²) in [7, 11) is 0. The van der Waals surface area contributed by atoms with E-state index < -0.39 is 0 Å². The summed E-state index contributed by atoms with van der Waals surface area (Å²) >= 11 is 4.64. The van der Waals surface area contributed by atoms with E-state index in [0.29, 0.717) is 5.11 Å². The third kappa shape index (κ3) is 5.43. The molecule has 1 aromatic carbocycles. The van der Waals surface area contributed by atoms with Gasteiger partial charge < -0.3 is 15.5 Å². The minimum Gasteiger partial charge on any atom is -0.452 e. The van der Waals surface area contributed by atoms with E-state index in [-0.39, 0.29) is 0 Å². The van der Waals surface area contributed by atoms with Crippen molar-refractivity contribution in [2.24, 2.45) is 5.73 Å². The Morgan fingerprint density at radius 3 is 2.47 bits per heavy atom. The monoisotopic (exact) mass is 221 g/mol. The summed E-state index contributed by atoms with van der Waals surface area (Å²) in [6.07, 6.45) is 4.47. The molecule has 2 aromatic rings. The third-order valence-corrected chi connectivity index (χ3v) is 1.49. The van der Waals surface area contributed by atoms with Crippen molar-refractivity contribution in [2.75, 3.05) is 5.32 Å². The average Bonchev–Trinajstić information content (AvgIpc) is 2.76. The molecular formula is C10H11N3OS. The predicted octanol–water partition coefficient (Wildman–Crippen LogP) is 2.02. The van der Waals surface area contributed by atoms with Crippen LogP contribution < -0.4 is 11.1 Å². The van der Waals surface area contributed by atoms with Gasteiger partial charge in [0.1, 0.15) is 6.26 Å². The standard InChI is InChI=1S/C7H8N2S.C3H3NO/c8-7(10)9-6-4-2-1-3-5-6;1-2-5-3-4-1/h1-5H,(H3,8,9,10);1-3H. The van der Waals surface area contributed by atoms with E-state index in [0.717, 1.165) is 5.69 Å². The first-order valence-electron chi connectivity index (χ1n) is 4.22. The molecule has 0 saturated heterocycles. The number of nitrogens with one attached hydrogen (secondary N) is 1. The molecule has 5 heteroatoms. The second-order valence-corrected chi connectivity index (χ2v) is 2.97. The summed E-state index contributed by atoms with van der Waals surface area (Å²) in [4.78, 5) is 3.56. The number of nitrogens with zero attached hydrogens (tertiary/aromatic N) is 1. The van der Waals surface area contributed by atoms with Gasteiger partial charge in [0.15, 0.2) is 11.5 Å². The molecule has 0 bridgehead atoms. The molecule has 0 atom stereocenters. The van der Waals surface area contributed by atoms with Crippen LogP contribution in [0.25, 0.3) is 0 Å². The fourth-order valence-electron chi connectivity index (χ4n) is 0.839. The quantitative estimate of drug-likeness (QED) is 0.721. The van der Waals surface area contributed by atoms with Gasteiger partial charge in [0.05, 0.1) is 6.20 Å². The van der Waals surface area contributed by atoms with Gasteiger partial charge in [-0.05, 0) is 24.4 Å². The molecule has 0 aliphatic heterocycles. The SMILES string of the molecule is NC(=S)Nc1ccccc1.c1cocn1. The van der Waals surface area contributed by atoms with E-state index >= 15 is 0 Å². The van der Waals surface area contributed by atoms with Crippen molar-refractivity contribution in [3.8, 4) is 0 Å². The fraction of sp³-hybridized carbons (Fsp3) is 0. The number of anilines is 1. The molecule has 1 aromatic heterocycles. The van der Waals surface area contributed by atoms with Gasteiger partial charge in [-0.2, -0.15) is 0 Å². The van der Waals surface area contributed by atoms with E-state index in [1.165, 1.54) is 12.7 Å². The Balaban J connectivity index is 0.000000187. The van der Waals surface area contributed by atoms with Crippen molar-refractivity contribution in [3.05, 3.63) is 49.2 Å². The van der Waals surface area contributed by atoms with E-state index in [1.54, 1.807) is 6.20 Å². The highest BCUT2D eigenvalue weighted by Gasteiger charge is 1.87. The minimum absolute atomic E-state index is 0.297. The highest BCUT2D eigenvalue weighted by atomic mass is 32.1. The van der Waals surface area contributed by atoms with Crippen LogP contribution in [0.4, 0.5) is 5.69 Å². The van der Waals surface area contributed by atoms with Crippen LogP contribution in [0, 0.1) is 0 Å². The highest BCUT2D eigenvalue weighted by molar-refractivity contribution is 7.80. The lowest BCUT2D eigenvalue weighted by Gasteiger charge is -2.00. The van der Waals surface area contributed by atoms with E-state index in [4.69, 9.17) is 5.73 Å². The van der Waals surface area contributed by atoms with Crippen molar-refractivity contribution in [3.63, 3.8) is 0 Å². The lowest BCUT2D eigenvalue weighted by atomic mass is 10.3. The van der Waals surface area contributed by atoms with Crippen molar-refractivity contribution in [2.45, 2.75) is 0 Å². The Labute approximate surface area is 93.1 Å². The van der Waals surface area contributed by atoms with Gasteiger partial charge in [-0.1, -0.05) is 18.2 Å². The number of hydrogen-bond donors (Lipinski definition) is 2. The van der Waals surface area contributed by atoms with Gasteiger partial charge in [0.2, 0.25) is 0 Å². The van der Waals surface area contributed by atoms with Gasteiger partial charge in [0, 0.05) is 5.69 Å². The molecule has 0 spiro atoms. The van der Waals surface area contributed by atoms with Crippen LogP contribution >= 0.6 is 12.2 Å². The first kappa shape index (κ1) is 11.2. The van der Waals surface area contributed by atoms with E-state index in [9.17, 15) is 0 Å². The average molecular weight is 221 g/mol. The minimum atomic E-state index is 0.297. The van der Waals surface area contributed by atoms with Crippen molar-refractivity contribution < 1.29 is 4.42 Å². The Morgan fingerprint density at radius 1 is 1.33 bits per heavy atom. The molecular weight excluding hydrogens is 210 g/mol. The summed E-state index contributed by atoms with van der Waals surface area (Å²) in [5.41, 5.74) is 6.17. The molecule has 4 nitrogen and oxygen atoms in total. The van der Waals surface area contributed by atoms with Crippen molar-refractivity contribution >= 4 is 23.0 Å². The van der Waals surface area contributed by atoms with Gasteiger partial charge >= 0.3 is 0 Å². The fourth-order valence-corrected chi connectivity index (χ4v) is 0.957. The molecule has 1 heterocycles. The van der Waals surface area contributed by atoms with E-state index in [1.807, 2.05) is 30.3 Å². The molecule has 0 amide bonds. The number of para-hydroxylation sites is 1. The lowest BCUT2D eigenvalue weighted by Crippen LogP contribution is -2.18. The Kier molecular flexibility index (Phi) is 4.89. The second-order valence-electron chi connectivity index (χ2n) is 2.53. The molecule has 0 unspecified atom stereocenters. The first-order chi connectivity index (χ1) is 7.29. The Bertz CT molecular complexity index is 358. The first-order valence-corrected chi connectivity index (χ1v) is 4.63. The summed E-state index contributed by atoms with van der Waals surface area (Å²) in [6, 6.07) is 9.57. The van der Waals surface area contributed by atoms with Crippen LogP contribution in [0.5, 0.6) is 0 Å². The maximum absolute atomic E-state index is 5.24. The zero-order chi connectivity index (χ0) is 10.9. The largest absolute Gasteiger partial charge is 0.452 e. The second kappa shape index (κ2) is 6.56. The number of hydrogen-bond acceptors (Lipinski definition) is 3. The highest BCUT2D eigenvalue weighted by Crippen LogP contribution is 2.03. The van der Waals surface area contributed by atoms with Crippen LogP contribution in [-0.2, 0) is 0 Å². The van der Waals surface area contributed by atoms with Crippen LogP contribution in [0.2, 0.25) is 0 Å². The van der Waals surface area contributed by atoms with Crippen molar-refractivity contribution in [1.82, 2.24) is 4.98 Å². The molecule has 0 radical (unpaired) electrons. The van der Waals surface area contributed by atoms with Gasteiger partial charge in [-0.3, -0.25) is 0 Å². The molecule has 3 N–H and O–H groups in total. The zero-order valence-corrected chi connectivity index (χ0v) is 8.78. The Morgan fingerprint density at radius 2 is 2.07 bits per heavy atom. The Hall–Kier alpha value is -1.88. The van der Waals surface area contributed by atoms with Crippen molar-refractivity contribution in [1.29, 1.82) is 0 Å². The van der Waals surface area contributed by atoms with E-state index in [2.05, 4.69) is 26.9 Å². The van der Waals surface area contributed by atoms with Gasteiger partial charge in [0.25, 0.3) is 0 Å². The van der Waals surface area contributed by atoms with Gasteiger partial charge in [-0.15, -0.1) is 0 Å². The van der Waals surface area contributed by atoms with Crippen LogP contribution in [0.15, 0.2) is 53.6 Å². The summed E-state index contributed by atoms with van der Waals surface area (Å²) in [5.74, 6) is 0. The molecule has 0 saturated carbocycles. The molecule has 0 aliphatic rings. The maximum Gasteiger partial charge on any atom is 0.180 e.